The number of pyridine rings is 1. The van der Waals surface area contributed by atoms with Gasteiger partial charge in [0.2, 0.25) is 11.8 Å². The third-order valence-corrected chi connectivity index (χ3v) is 4.20. The number of hydrogen-bond acceptors (Lipinski definition) is 6. The number of thioether (sulfide) groups is 1. The highest BCUT2D eigenvalue weighted by Gasteiger charge is 2.18. The van der Waals surface area contributed by atoms with E-state index >= 15 is 0 Å². The highest BCUT2D eigenvalue weighted by atomic mass is 32.2. The molecule has 0 aliphatic heterocycles. The van der Waals surface area contributed by atoms with Crippen molar-refractivity contribution >= 4 is 17.7 Å². The second-order valence-corrected chi connectivity index (χ2v) is 5.87. The fourth-order valence-corrected chi connectivity index (χ4v) is 2.92. The van der Waals surface area contributed by atoms with Crippen molar-refractivity contribution in [2.45, 2.75) is 36.9 Å². The predicted octanol–water partition coefficient (Wildman–Crippen LogP) is 2.28. The van der Waals surface area contributed by atoms with Gasteiger partial charge in [-0.2, -0.15) is 0 Å². The Morgan fingerprint density at radius 2 is 2.05 bits per heavy atom. The van der Waals surface area contributed by atoms with Crippen LogP contribution < -0.4 is 5.32 Å². The molecular weight excluding hydrogens is 288 g/mol. The molecule has 2 heterocycles. The summed E-state index contributed by atoms with van der Waals surface area (Å²) >= 11 is 1.26. The largest absolute Gasteiger partial charge is 0.411 e. The smallest absolute Gasteiger partial charge is 0.277 e. The summed E-state index contributed by atoms with van der Waals surface area (Å²) in [6, 6.07) is 3.94. The zero-order valence-electron chi connectivity index (χ0n) is 11.5. The molecule has 0 atom stereocenters. The Hall–Kier alpha value is -1.89. The molecule has 0 spiro atoms. The molecule has 7 heteroatoms. The van der Waals surface area contributed by atoms with Crippen molar-refractivity contribution in [1.82, 2.24) is 20.5 Å². The van der Waals surface area contributed by atoms with E-state index in [1.807, 2.05) is 0 Å². The van der Waals surface area contributed by atoms with E-state index in [0.29, 0.717) is 22.9 Å². The Bertz CT molecular complexity index is 596. The Morgan fingerprint density at radius 3 is 2.81 bits per heavy atom. The Balaban J connectivity index is 1.51. The van der Waals surface area contributed by atoms with E-state index < -0.39 is 0 Å². The maximum absolute atomic E-state index is 11.8. The van der Waals surface area contributed by atoms with Gasteiger partial charge in [0.15, 0.2) is 0 Å². The van der Waals surface area contributed by atoms with Crippen molar-refractivity contribution in [2.24, 2.45) is 0 Å². The van der Waals surface area contributed by atoms with E-state index in [4.69, 9.17) is 4.42 Å². The van der Waals surface area contributed by atoms with Gasteiger partial charge in [-0.05, 0) is 25.0 Å². The van der Waals surface area contributed by atoms with E-state index in [2.05, 4.69) is 20.5 Å². The van der Waals surface area contributed by atoms with Crippen LogP contribution in [0.4, 0.5) is 0 Å². The van der Waals surface area contributed by atoms with Crippen LogP contribution in [0.25, 0.3) is 11.5 Å². The molecule has 1 saturated carbocycles. The highest BCUT2D eigenvalue weighted by molar-refractivity contribution is 7.99. The van der Waals surface area contributed by atoms with E-state index in [1.165, 1.54) is 24.6 Å². The average molecular weight is 304 g/mol. The van der Waals surface area contributed by atoms with Crippen LogP contribution in [0.2, 0.25) is 0 Å². The predicted molar refractivity (Wildman–Crippen MR) is 78.7 cm³/mol. The number of rotatable bonds is 5. The van der Waals surface area contributed by atoms with Gasteiger partial charge >= 0.3 is 0 Å². The molecule has 2 aromatic rings. The lowest BCUT2D eigenvalue weighted by molar-refractivity contribution is -0.119. The summed E-state index contributed by atoms with van der Waals surface area (Å²) in [7, 11) is 0. The maximum Gasteiger partial charge on any atom is 0.277 e. The molecule has 2 aromatic heterocycles. The zero-order chi connectivity index (χ0) is 14.5. The topological polar surface area (TPSA) is 80.9 Å². The number of aromatic nitrogens is 3. The van der Waals surface area contributed by atoms with E-state index in [1.54, 1.807) is 24.5 Å². The average Bonchev–Trinajstić information content (AvgIpc) is 3.17. The van der Waals surface area contributed by atoms with Gasteiger partial charge in [-0.1, -0.05) is 24.6 Å². The molecule has 0 aromatic carbocycles. The van der Waals surface area contributed by atoms with Crippen LogP contribution in [0.15, 0.2) is 34.2 Å². The Labute approximate surface area is 126 Å². The third kappa shape index (κ3) is 3.81. The first-order valence-corrected chi connectivity index (χ1v) is 7.96. The molecule has 1 aliphatic rings. The molecule has 1 aliphatic carbocycles. The summed E-state index contributed by atoms with van der Waals surface area (Å²) < 4.78 is 5.52. The van der Waals surface area contributed by atoms with Crippen molar-refractivity contribution < 1.29 is 9.21 Å². The number of amides is 1. The number of nitrogens with zero attached hydrogens (tertiary/aromatic N) is 3. The van der Waals surface area contributed by atoms with Gasteiger partial charge in [0.1, 0.15) is 0 Å². The van der Waals surface area contributed by atoms with Crippen molar-refractivity contribution in [3.63, 3.8) is 0 Å². The molecule has 21 heavy (non-hydrogen) atoms. The van der Waals surface area contributed by atoms with Crippen LogP contribution >= 0.6 is 11.8 Å². The maximum atomic E-state index is 11.8. The first kappa shape index (κ1) is 14.1. The van der Waals surface area contributed by atoms with Crippen LogP contribution in [0.3, 0.4) is 0 Å². The van der Waals surface area contributed by atoms with Crippen LogP contribution in [-0.2, 0) is 4.79 Å². The first-order valence-electron chi connectivity index (χ1n) is 6.97. The van der Waals surface area contributed by atoms with Crippen molar-refractivity contribution in [2.75, 3.05) is 5.75 Å². The second-order valence-electron chi connectivity index (χ2n) is 4.95. The lowest BCUT2D eigenvalue weighted by Crippen LogP contribution is -2.33. The third-order valence-electron chi connectivity index (χ3n) is 3.38. The number of carbonyl (C=O) groups is 1. The molecule has 3 rings (SSSR count). The summed E-state index contributed by atoms with van der Waals surface area (Å²) in [5.41, 5.74) is 0.819. The summed E-state index contributed by atoms with van der Waals surface area (Å²) in [6.07, 6.45) is 7.92. The standard InChI is InChI=1S/C14H16N4O2S/c19-12(16-11-3-1-2-4-11)9-21-14-18-17-13(20-14)10-5-7-15-8-6-10/h5-8,11H,1-4,9H2,(H,16,19). The highest BCUT2D eigenvalue weighted by Crippen LogP contribution is 2.23. The fourth-order valence-electron chi connectivity index (χ4n) is 2.35. The van der Waals surface area contributed by atoms with Crippen molar-refractivity contribution in [3.8, 4) is 11.5 Å². The molecule has 1 N–H and O–H groups in total. The van der Waals surface area contributed by atoms with Crippen molar-refractivity contribution in [3.05, 3.63) is 24.5 Å². The van der Waals surface area contributed by atoms with Crippen LogP contribution in [-0.4, -0.2) is 32.9 Å². The second kappa shape index (κ2) is 6.71. The quantitative estimate of drug-likeness (QED) is 0.854. The van der Waals surface area contributed by atoms with E-state index in [0.717, 1.165) is 18.4 Å². The minimum absolute atomic E-state index is 0.0237. The minimum Gasteiger partial charge on any atom is -0.411 e. The van der Waals surface area contributed by atoms with Gasteiger partial charge in [0.05, 0.1) is 5.75 Å². The molecule has 0 unspecified atom stereocenters. The van der Waals surface area contributed by atoms with Gasteiger partial charge in [-0.15, -0.1) is 10.2 Å². The normalized spacial score (nSPS) is 15.2. The van der Waals surface area contributed by atoms with Crippen LogP contribution in [0.5, 0.6) is 0 Å². The molecule has 0 radical (unpaired) electrons. The van der Waals surface area contributed by atoms with Crippen molar-refractivity contribution in [1.29, 1.82) is 0 Å². The zero-order valence-corrected chi connectivity index (χ0v) is 12.3. The SMILES string of the molecule is O=C(CSc1nnc(-c2ccncc2)o1)NC1CCCC1. The first-order chi connectivity index (χ1) is 10.3. The number of hydrogen-bond donors (Lipinski definition) is 1. The van der Waals surface area contributed by atoms with Gasteiger partial charge < -0.3 is 9.73 Å². The monoisotopic (exact) mass is 304 g/mol. The van der Waals surface area contributed by atoms with Crippen LogP contribution in [0.1, 0.15) is 25.7 Å². The molecule has 0 bridgehead atoms. The van der Waals surface area contributed by atoms with Gasteiger partial charge in [0, 0.05) is 24.0 Å². The summed E-state index contributed by atoms with van der Waals surface area (Å²) in [6.45, 7) is 0. The van der Waals surface area contributed by atoms with E-state index in [-0.39, 0.29) is 5.91 Å². The molecule has 1 fully saturated rings. The molecular formula is C14H16N4O2S. The lowest BCUT2D eigenvalue weighted by atomic mass is 10.2. The number of nitrogens with one attached hydrogen (secondary N) is 1. The lowest BCUT2D eigenvalue weighted by Gasteiger charge is -2.10. The van der Waals surface area contributed by atoms with Gasteiger partial charge in [0.25, 0.3) is 5.22 Å². The number of carbonyl (C=O) groups excluding carboxylic acids is 1. The molecule has 0 saturated heterocycles. The summed E-state index contributed by atoms with van der Waals surface area (Å²) in [5, 5.41) is 11.3. The van der Waals surface area contributed by atoms with Crippen LogP contribution in [0, 0.1) is 0 Å². The molecule has 6 nitrogen and oxygen atoms in total. The molecule has 110 valence electrons. The molecule has 1 amide bonds. The summed E-state index contributed by atoms with van der Waals surface area (Å²) in [5.74, 6) is 0.765. The van der Waals surface area contributed by atoms with Gasteiger partial charge in [-0.3, -0.25) is 9.78 Å². The fraction of sp³-hybridized carbons (Fsp3) is 0.429. The Kier molecular flexibility index (Phi) is 4.49. The summed E-state index contributed by atoms with van der Waals surface area (Å²) in [4.78, 5) is 15.8. The van der Waals surface area contributed by atoms with Gasteiger partial charge in [-0.25, -0.2) is 0 Å². The Morgan fingerprint density at radius 1 is 1.29 bits per heavy atom. The minimum atomic E-state index is 0.0237. The van der Waals surface area contributed by atoms with E-state index in [9.17, 15) is 4.79 Å².